The van der Waals surface area contributed by atoms with Crippen LogP contribution >= 0.6 is 15.6 Å². The van der Waals surface area contributed by atoms with Crippen molar-refractivity contribution in [1.29, 1.82) is 0 Å². The van der Waals surface area contributed by atoms with Crippen LogP contribution in [0.2, 0.25) is 0 Å². The minimum atomic E-state index is -4.87. The first kappa shape index (κ1) is 103. The van der Waals surface area contributed by atoms with Gasteiger partial charge >= 0.3 is 27.6 Å². The number of nitrogens with one attached hydrogen (secondary N) is 4. The van der Waals surface area contributed by atoms with E-state index in [2.05, 4.69) is 87.1 Å². The second-order valence-corrected chi connectivity index (χ2v) is 32.6. The van der Waals surface area contributed by atoms with Crippen LogP contribution in [0.4, 0.5) is 0 Å². The number of hydrogen-bond donors (Lipinski definition) is 8. The number of phosphoric ester groups is 2. The van der Waals surface area contributed by atoms with Crippen molar-refractivity contribution in [2.75, 3.05) is 65.9 Å². The number of carbonyl (C=O) groups excluding carboxylic acids is 6. The standard InChI is InChI=1S/C81H152N4O22P2/c1-9-15-21-27-29-31-33-39-45-51-75(90)104-71(49-43-37-25-19-13-5)61-73(88)84-67(63-98-57-53-69(86)47-41-35-23-17-11-3)65-102-108(94,95)100-59-55-82-79(92)77-78(107-81(7,8)106-77)80(93)83-56-60-101-109(96,97)103-66-68(64-99-58-54-70(87)48-42-36-24-18-12-4)85-74(89)62-72(50-44-38-26-20-14-6)105-76(91)52-46-40-34-32-30-28-22-16-10-2/h31-34,67-72,77-78,86-87H,9-30,35-66H2,1-8H3,(H,82,92)(H,83,93)(H,84,88)(H,85,89)(H,94,95)(H,96,97)/b33-31+,34-32+/t67?,68?,69-,70-,71-,72-,77?,78?/m1/s1. The number of phosphoric acid groups is 2. The molecule has 0 radical (unpaired) electrons. The third-order valence-electron chi connectivity index (χ3n) is 18.6. The molecule has 1 fully saturated rings. The molecule has 10 atom stereocenters. The summed E-state index contributed by atoms with van der Waals surface area (Å²) in [7, 11) is -9.74. The SMILES string of the molecule is CCCCCC/C=C/CCCC(=O)O[C@H](CCCCCCC)CC(=O)NC(COCC[C@H](O)CCCCCCC)COP(=O)(O)OCCNC(=O)C1OC(C)(C)OC1C(=O)NCCOP(=O)(O)OCC(COCC[C@H](O)CCCCCCC)NC(=O)C[C@@H](CCCCCCC)OC(=O)CCC/C=C/CCCCCC. The van der Waals surface area contributed by atoms with Crippen molar-refractivity contribution in [2.24, 2.45) is 0 Å². The first-order valence-electron chi connectivity index (χ1n) is 42.4. The van der Waals surface area contributed by atoms with E-state index in [4.69, 9.17) is 46.5 Å². The number of rotatable bonds is 76. The van der Waals surface area contributed by atoms with Gasteiger partial charge in [0.25, 0.3) is 11.8 Å². The second-order valence-electron chi connectivity index (χ2n) is 29.7. The number of aliphatic hydroxyl groups is 2. The van der Waals surface area contributed by atoms with Gasteiger partial charge in [-0.2, -0.15) is 0 Å². The molecule has 26 nitrogen and oxygen atoms in total. The van der Waals surface area contributed by atoms with Crippen LogP contribution in [0.3, 0.4) is 0 Å². The predicted molar refractivity (Wildman–Crippen MR) is 426 cm³/mol. The summed E-state index contributed by atoms with van der Waals surface area (Å²) in [5.74, 6) is -4.91. The Kier molecular flexibility index (Phi) is 64.1. The van der Waals surface area contributed by atoms with Crippen LogP contribution in [0.5, 0.6) is 0 Å². The lowest BCUT2D eigenvalue weighted by Gasteiger charge is -2.23. The molecule has 638 valence electrons. The fraction of sp³-hybridized carbons (Fsp3) is 0.877. The molecule has 1 heterocycles. The number of unbranched alkanes of at least 4 members (excludes halogenated alkanes) is 26. The van der Waals surface area contributed by atoms with E-state index in [9.17, 15) is 57.9 Å². The van der Waals surface area contributed by atoms with Gasteiger partial charge in [0.15, 0.2) is 18.0 Å². The fourth-order valence-corrected chi connectivity index (χ4v) is 13.8. The summed E-state index contributed by atoms with van der Waals surface area (Å²) in [6.45, 7) is 12.8. The Morgan fingerprint density at radius 2 is 0.716 bits per heavy atom. The summed E-state index contributed by atoms with van der Waals surface area (Å²) < 4.78 is 82.9. The van der Waals surface area contributed by atoms with E-state index >= 15 is 0 Å². The molecular formula is C81H152N4O22P2. The molecular weight excluding hydrogens is 1440 g/mol. The van der Waals surface area contributed by atoms with Gasteiger partial charge in [0.1, 0.15) is 12.2 Å². The molecule has 0 aliphatic carbocycles. The van der Waals surface area contributed by atoms with Crippen molar-refractivity contribution < 1.29 is 104 Å². The molecule has 0 saturated carbocycles. The van der Waals surface area contributed by atoms with Crippen molar-refractivity contribution in [3.05, 3.63) is 24.3 Å². The Morgan fingerprint density at radius 1 is 0.404 bits per heavy atom. The highest BCUT2D eigenvalue weighted by Crippen LogP contribution is 2.44. The smallest absolute Gasteiger partial charge is 0.462 e. The summed E-state index contributed by atoms with van der Waals surface area (Å²) in [6, 6.07) is -1.96. The number of aliphatic hydroxyl groups excluding tert-OH is 2. The molecule has 109 heavy (non-hydrogen) atoms. The zero-order valence-electron chi connectivity index (χ0n) is 68.6. The predicted octanol–water partition coefficient (Wildman–Crippen LogP) is 16.0. The average Bonchev–Trinajstić information content (AvgIpc) is 1.66. The number of ether oxygens (including phenoxy) is 6. The van der Waals surface area contributed by atoms with Crippen molar-refractivity contribution in [3.8, 4) is 0 Å². The van der Waals surface area contributed by atoms with Crippen LogP contribution < -0.4 is 21.3 Å². The maximum absolute atomic E-state index is 13.7. The molecule has 0 spiro atoms. The third-order valence-corrected chi connectivity index (χ3v) is 20.6. The van der Waals surface area contributed by atoms with E-state index in [1.807, 2.05) is 0 Å². The number of hydrogen-bond acceptors (Lipinski definition) is 20. The summed E-state index contributed by atoms with van der Waals surface area (Å²) in [6.07, 6.45) is 39.9. The van der Waals surface area contributed by atoms with Crippen LogP contribution in [0, 0.1) is 0 Å². The molecule has 1 rings (SSSR count). The number of allylic oxidation sites excluding steroid dienone is 4. The van der Waals surface area contributed by atoms with E-state index in [-0.39, 0.29) is 65.2 Å². The Balaban J connectivity index is 3.04. The van der Waals surface area contributed by atoms with Crippen LogP contribution in [0.25, 0.3) is 0 Å². The third kappa shape index (κ3) is 60.5. The van der Waals surface area contributed by atoms with Gasteiger partial charge in [0.2, 0.25) is 11.8 Å². The molecule has 4 amide bonds. The number of amides is 4. The molecule has 6 unspecified atom stereocenters. The molecule has 0 aromatic carbocycles. The van der Waals surface area contributed by atoms with Gasteiger partial charge in [-0.3, -0.25) is 46.9 Å². The molecule has 0 bridgehead atoms. The monoisotopic (exact) mass is 1600 g/mol. The van der Waals surface area contributed by atoms with Gasteiger partial charge in [-0.05, 0) is 117 Å². The van der Waals surface area contributed by atoms with E-state index in [0.717, 1.165) is 167 Å². The molecule has 0 aromatic heterocycles. The fourth-order valence-electron chi connectivity index (χ4n) is 12.3. The highest BCUT2D eigenvalue weighted by molar-refractivity contribution is 7.47. The van der Waals surface area contributed by atoms with Crippen molar-refractivity contribution in [1.82, 2.24) is 21.3 Å². The zero-order chi connectivity index (χ0) is 80.5. The second kappa shape index (κ2) is 67.6. The van der Waals surface area contributed by atoms with Crippen LogP contribution in [0.15, 0.2) is 24.3 Å². The molecule has 8 N–H and O–H groups in total. The van der Waals surface area contributed by atoms with Gasteiger partial charge in [0.05, 0.1) is 76.8 Å². The van der Waals surface area contributed by atoms with E-state index in [0.29, 0.717) is 51.4 Å². The van der Waals surface area contributed by atoms with Gasteiger partial charge in [0, 0.05) is 39.1 Å². The van der Waals surface area contributed by atoms with Crippen molar-refractivity contribution >= 4 is 51.2 Å². The Hall–Kier alpha value is -3.72. The zero-order valence-corrected chi connectivity index (χ0v) is 70.4. The van der Waals surface area contributed by atoms with E-state index < -0.39 is 132 Å². The topological polar surface area (TPSA) is 358 Å². The van der Waals surface area contributed by atoms with Gasteiger partial charge < -0.3 is 69.7 Å². The average molecular weight is 1600 g/mol. The highest BCUT2D eigenvalue weighted by Gasteiger charge is 2.49. The van der Waals surface area contributed by atoms with Gasteiger partial charge in [-0.1, -0.05) is 220 Å². The van der Waals surface area contributed by atoms with Crippen molar-refractivity contribution in [2.45, 2.75) is 392 Å². The van der Waals surface area contributed by atoms with E-state index in [1.54, 1.807) is 0 Å². The maximum atomic E-state index is 13.7. The minimum absolute atomic E-state index is 0.132. The Morgan fingerprint density at radius 3 is 1.06 bits per heavy atom. The molecule has 0 aromatic rings. The van der Waals surface area contributed by atoms with Gasteiger partial charge in [-0.15, -0.1) is 0 Å². The normalized spacial score (nSPS) is 17.1. The lowest BCUT2D eigenvalue weighted by Crippen LogP contribution is -2.48. The summed E-state index contributed by atoms with van der Waals surface area (Å²) >= 11 is 0. The Labute approximate surface area is 656 Å². The molecule has 1 aliphatic rings. The van der Waals surface area contributed by atoms with Gasteiger partial charge in [-0.25, -0.2) is 9.13 Å². The summed E-state index contributed by atoms with van der Waals surface area (Å²) in [5.41, 5.74) is 0. The van der Waals surface area contributed by atoms with Crippen LogP contribution in [-0.4, -0.2) is 176 Å². The molecule has 28 heteroatoms. The lowest BCUT2D eigenvalue weighted by atomic mass is 10.1. The van der Waals surface area contributed by atoms with E-state index in [1.165, 1.54) is 52.4 Å². The first-order chi connectivity index (χ1) is 52.4. The maximum Gasteiger partial charge on any atom is 0.472 e. The highest BCUT2D eigenvalue weighted by atomic mass is 31.2. The van der Waals surface area contributed by atoms with Crippen molar-refractivity contribution in [3.63, 3.8) is 0 Å². The molecule has 1 saturated heterocycles. The number of esters is 2. The quantitative estimate of drug-likeness (QED) is 0.0121. The first-order valence-corrected chi connectivity index (χ1v) is 45.3. The Bertz CT molecular complexity index is 2320. The lowest BCUT2D eigenvalue weighted by molar-refractivity contribution is -0.159. The molecule has 1 aliphatic heterocycles. The summed E-state index contributed by atoms with van der Waals surface area (Å²) in [4.78, 5) is 103. The van der Waals surface area contributed by atoms with Crippen LogP contribution in [0.1, 0.15) is 338 Å². The minimum Gasteiger partial charge on any atom is -0.462 e. The number of carbonyl (C=O) groups is 6. The van der Waals surface area contributed by atoms with Crippen LogP contribution in [-0.2, 0) is 84.4 Å². The summed E-state index contributed by atoms with van der Waals surface area (Å²) in [5, 5.41) is 31.9. The largest absolute Gasteiger partial charge is 0.472 e.